The van der Waals surface area contributed by atoms with E-state index in [1.165, 1.54) is 18.9 Å². The molecule has 6 heteroatoms. The summed E-state index contributed by atoms with van der Waals surface area (Å²) in [4.78, 5) is 23.6. The van der Waals surface area contributed by atoms with Gasteiger partial charge in [0.05, 0.1) is 10.5 Å². The molecule has 0 saturated heterocycles. The third kappa shape index (κ3) is 3.51. The molecule has 1 saturated carbocycles. The van der Waals surface area contributed by atoms with Crippen LogP contribution in [0.1, 0.15) is 48.9 Å². The van der Waals surface area contributed by atoms with Crippen LogP contribution in [0.3, 0.4) is 0 Å². The first-order valence-electron chi connectivity index (χ1n) is 7.25. The number of hydrogen-bond donors (Lipinski definition) is 1. The molecule has 0 radical (unpaired) electrons. The lowest BCUT2D eigenvalue weighted by Crippen LogP contribution is -2.31. The molecule has 1 aromatic carbocycles. The number of benzene rings is 1. The topological polar surface area (TPSA) is 83.7 Å². The SMILES string of the molecule is CN(c1ccc(C(=O)O)cc1[N+](=O)[O-])C1CCCCCC1. The number of rotatable bonds is 4. The highest BCUT2D eigenvalue weighted by Gasteiger charge is 2.25. The quantitative estimate of drug-likeness (QED) is 0.522. The lowest BCUT2D eigenvalue weighted by molar-refractivity contribution is -0.384. The third-order valence-corrected chi connectivity index (χ3v) is 4.17. The molecule has 1 aliphatic rings. The molecule has 0 aliphatic heterocycles. The van der Waals surface area contributed by atoms with Crippen LogP contribution in [0.2, 0.25) is 0 Å². The molecular formula is C15H20N2O4. The number of anilines is 1. The summed E-state index contributed by atoms with van der Waals surface area (Å²) in [7, 11) is 1.86. The molecule has 6 nitrogen and oxygen atoms in total. The van der Waals surface area contributed by atoms with Gasteiger partial charge in [-0.2, -0.15) is 0 Å². The Bertz CT molecular complexity index is 536. The Kier molecular flexibility index (Phi) is 4.77. The molecule has 0 amide bonds. The number of carboxylic acid groups (broad SMARTS) is 1. The van der Waals surface area contributed by atoms with Gasteiger partial charge in [0.25, 0.3) is 5.69 Å². The molecule has 0 heterocycles. The van der Waals surface area contributed by atoms with Gasteiger partial charge in [-0.3, -0.25) is 10.1 Å². The smallest absolute Gasteiger partial charge is 0.335 e. The van der Waals surface area contributed by atoms with Crippen molar-refractivity contribution in [2.45, 2.75) is 44.6 Å². The molecule has 21 heavy (non-hydrogen) atoms. The summed E-state index contributed by atoms with van der Waals surface area (Å²) in [6.45, 7) is 0. The van der Waals surface area contributed by atoms with Gasteiger partial charge in [-0.1, -0.05) is 25.7 Å². The minimum atomic E-state index is -1.15. The zero-order chi connectivity index (χ0) is 15.4. The predicted molar refractivity (Wildman–Crippen MR) is 79.9 cm³/mol. The first-order chi connectivity index (χ1) is 10.0. The molecule has 2 rings (SSSR count). The Balaban J connectivity index is 2.32. The van der Waals surface area contributed by atoms with Crippen LogP contribution < -0.4 is 4.90 Å². The van der Waals surface area contributed by atoms with Gasteiger partial charge in [-0.25, -0.2) is 4.79 Å². The highest BCUT2D eigenvalue weighted by atomic mass is 16.6. The van der Waals surface area contributed by atoms with Gasteiger partial charge in [0.1, 0.15) is 5.69 Å². The van der Waals surface area contributed by atoms with Gasteiger partial charge in [0.15, 0.2) is 0 Å². The number of nitro groups is 1. The van der Waals surface area contributed by atoms with E-state index in [0.717, 1.165) is 31.7 Å². The lowest BCUT2D eigenvalue weighted by Gasteiger charge is -2.29. The van der Waals surface area contributed by atoms with Crippen molar-refractivity contribution >= 4 is 17.3 Å². The van der Waals surface area contributed by atoms with Crippen molar-refractivity contribution in [2.75, 3.05) is 11.9 Å². The summed E-state index contributed by atoms with van der Waals surface area (Å²) in [5.41, 5.74) is 0.304. The average Bonchev–Trinajstić information content (AvgIpc) is 2.74. The number of carbonyl (C=O) groups is 1. The van der Waals surface area contributed by atoms with Crippen LogP contribution in [0.5, 0.6) is 0 Å². The second-order valence-electron chi connectivity index (χ2n) is 5.52. The minimum Gasteiger partial charge on any atom is -0.478 e. The number of nitrogens with zero attached hydrogens (tertiary/aromatic N) is 2. The van der Waals surface area contributed by atoms with Crippen molar-refractivity contribution in [3.63, 3.8) is 0 Å². The monoisotopic (exact) mass is 292 g/mol. The van der Waals surface area contributed by atoms with E-state index in [1.807, 2.05) is 11.9 Å². The number of nitro benzene ring substituents is 1. The number of carboxylic acids is 1. The van der Waals surface area contributed by atoms with E-state index in [2.05, 4.69) is 0 Å². The van der Waals surface area contributed by atoms with Crippen molar-refractivity contribution in [2.24, 2.45) is 0 Å². The maximum atomic E-state index is 11.2. The molecule has 0 spiro atoms. The van der Waals surface area contributed by atoms with Gasteiger partial charge in [-0.15, -0.1) is 0 Å². The minimum absolute atomic E-state index is 0.0558. The molecular weight excluding hydrogens is 272 g/mol. The van der Waals surface area contributed by atoms with Gasteiger partial charge in [-0.05, 0) is 25.0 Å². The fourth-order valence-electron chi connectivity index (χ4n) is 2.94. The Morgan fingerprint density at radius 2 is 1.90 bits per heavy atom. The van der Waals surface area contributed by atoms with Gasteiger partial charge >= 0.3 is 5.97 Å². The fraction of sp³-hybridized carbons (Fsp3) is 0.533. The average molecular weight is 292 g/mol. The van der Waals surface area contributed by atoms with Crippen LogP contribution >= 0.6 is 0 Å². The number of aromatic carboxylic acids is 1. The summed E-state index contributed by atoms with van der Waals surface area (Å²) in [6.07, 6.45) is 6.74. The molecule has 114 valence electrons. The largest absolute Gasteiger partial charge is 0.478 e. The lowest BCUT2D eigenvalue weighted by atomic mass is 10.1. The van der Waals surface area contributed by atoms with E-state index in [4.69, 9.17) is 5.11 Å². The van der Waals surface area contributed by atoms with Crippen molar-refractivity contribution in [3.8, 4) is 0 Å². The van der Waals surface area contributed by atoms with Gasteiger partial charge in [0.2, 0.25) is 0 Å². The Hall–Kier alpha value is -2.11. The van der Waals surface area contributed by atoms with Crippen LogP contribution in [0.25, 0.3) is 0 Å². The van der Waals surface area contributed by atoms with E-state index >= 15 is 0 Å². The van der Waals surface area contributed by atoms with Crippen LogP contribution in [0.4, 0.5) is 11.4 Å². The van der Waals surface area contributed by atoms with Crippen molar-refractivity contribution in [1.29, 1.82) is 0 Å². The fourth-order valence-corrected chi connectivity index (χ4v) is 2.94. The Morgan fingerprint density at radius 1 is 1.29 bits per heavy atom. The predicted octanol–water partition coefficient (Wildman–Crippen LogP) is 3.45. The summed E-state index contributed by atoms with van der Waals surface area (Å²) in [5, 5.41) is 20.2. The second kappa shape index (κ2) is 6.56. The van der Waals surface area contributed by atoms with E-state index in [0.29, 0.717) is 5.69 Å². The summed E-state index contributed by atoms with van der Waals surface area (Å²) in [6, 6.07) is 4.40. The first kappa shape index (κ1) is 15.3. The summed E-state index contributed by atoms with van der Waals surface area (Å²) < 4.78 is 0. The van der Waals surface area contributed by atoms with E-state index in [9.17, 15) is 14.9 Å². The maximum Gasteiger partial charge on any atom is 0.335 e. The van der Waals surface area contributed by atoms with Gasteiger partial charge in [0, 0.05) is 19.2 Å². The maximum absolute atomic E-state index is 11.2. The zero-order valence-electron chi connectivity index (χ0n) is 12.1. The highest BCUT2D eigenvalue weighted by Crippen LogP contribution is 2.33. The van der Waals surface area contributed by atoms with E-state index in [1.54, 1.807) is 6.07 Å². The molecule has 0 atom stereocenters. The summed E-state index contributed by atoms with van der Waals surface area (Å²) in [5.74, 6) is -1.15. The Morgan fingerprint density at radius 3 is 2.43 bits per heavy atom. The molecule has 1 N–H and O–H groups in total. The van der Waals surface area contributed by atoms with E-state index in [-0.39, 0.29) is 17.3 Å². The van der Waals surface area contributed by atoms with Crippen molar-refractivity contribution in [3.05, 3.63) is 33.9 Å². The molecule has 1 aliphatic carbocycles. The van der Waals surface area contributed by atoms with Gasteiger partial charge < -0.3 is 10.0 Å². The third-order valence-electron chi connectivity index (χ3n) is 4.17. The normalized spacial score (nSPS) is 16.2. The number of hydrogen-bond acceptors (Lipinski definition) is 4. The standard InChI is InChI=1S/C15H20N2O4/c1-16(12-6-4-2-3-5-7-12)13-9-8-11(15(18)19)10-14(13)17(20)21/h8-10,12H,2-7H2,1H3,(H,18,19). The van der Waals surface area contributed by atoms with Crippen molar-refractivity contribution < 1.29 is 14.8 Å². The van der Waals surface area contributed by atoms with Crippen LogP contribution in [-0.2, 0) is 0 Å². The molecule has 1 aromatic rings. The van der Waals surface area contributed by atoms with Crippen LogP contribution in [-0.4, -0.2) is 29.1 Å². The molecule has 0 bridgehead atoms. The highest BCUT2D eigenvalue weighted by molar-refractivity contribution is 5.89. The zero-order valence-corrected chi connectivity index (χ0v) is 12.1. The summed E-state index contributed by atoms with van der Waals surface area (Å²) >= 11 is 0. The molecule has 0 unspecified atom stereocenters. The van der Waals surface area contributed by atoms with Crippen LogP contribution in [0, 0.1) is 10.1 Å². The van der Waals surface area contributed by atoms with Crippen molar-refractivity contribution in [1.82, 2.24) is 0 Å². The molecule has 1 fully saturated rings. The second-order valence-corrected chi connectivity index (χ2v) is 5.52. The van der Waals surface area contributed by atoms with Crippen LogP contribution in [0.15, 0.2) is 18.2 Å². The van der Waals surface area contributed by atoms with E-state index < -0.39 is 10.9 Å². The Labute approximate surface area is 123 Å². The first-order valence-corrected chi connectivity index (χ1v) is 7.25. The molecule has 0 aromatic heterocycles.